The minimum Gasteiger partial charge on any atom is -0.339 e. The van der Waals surface area contributed by atoms with Crippen molar-refractivity contribution >= 4 is 34.9 Å². The molecule has 0 unspecified atom stereocenters. The molecule has 158 valence electrons. The van der Waals surface area contributed by atoms with Crippen LogP contribution >= 0.6 is 11.3 Å². The molecule has 1 aliphatic rings. The fourth-order valence-corrected chi connectivity index (χ4v) is 4.47. The number of hydrogen-bond donors (Lipinski definition) is 1. The van der Waals surface area contributed by atoms with Gasteiger partial charge in [0.25, 0.3) is 5.91 Å². The van der Waals surface area contributed by atoms with E-state index in [-0.39, 0.29) is 17.7 Å². The van der Waals surface area contributed by atoms with Gasteiger partial charge in [-0.25, -0.2) is 0 Å². The SMILES string of the molecule is Cc1ccccc1NC(=O)c1nnc(C2CCN(C(=O)C=Cc3ccccc3)CC2)s1. The number of likely N-dealkylation sites (tertiary alicyclic amines) is 1. The first-order valence-corrected chi connectivity index (χ1v) is 11.1. The summed E-state index contributed by atoms with van der Waals surface area (Å²) in [6.45, 7) is 3.30. The van der Waals surface area contributed by atoms with E-state index in [0.717, 1.165) is 34.7 Å². The molecule has 0 saturated carbocycles. The van der Waals surface area contributed by atoms with Crippen LogP contribution in [0.3, 0.4) is 0 Å². The Morgan fingerprint density at radius 1 is 1.03 bits per heavy atom. The number of aryl methyl sites for hydroxylation is 1. The van der Waals surface area contributed by atoms with E-state index in [2.05, 4.69) is 15.5 Å². The number of aromatic nitrogens is 2. The number of carbonyl (C=O) groups is 2. The van der Waals surface area contributed by atoms with Gasteiger partial charge in [-0.05, 0) is 43.0 Å². The molecule has 0 aliphatic carbocycles. The minimum absolute atomic E-state index is 0.0258. The number of nitrogens with zero attached hydrogens (tertiary/aromatic N) is 3. The predicted octanol–water partition coefficient (Wildman–Crippen LogP) is 4.52. The zero-order valence-electron chi connectivity index (χ0n) is 17.3. The van der Waals surface area contributed by atoms with E-state index in [4.69, 9.17) is 0 Å². The fourth-order valence-electron chi connectivity index (χ4n) is 3.56. The number of anilines is 1. The van der Waals surface area contributed by atoms with E-state index in [9.17, 15) is 9.59 Å². The van der Waals surface area contributed by atoms with E-state index in [1.165, 1.54) is 11.3 Å². The van der Waals surface area contributed by atoms with Crippen LogP contribution in [-0.4, -0.2) is 40.0 Å². The lowest BCUT2D eigenvalue weighted by atomic mass is 9.97. The third-order valence-corrected chi connectivity index (χ3v) is 6.49. The van der Waals surface area contributed by atoms with E-state index in [1.54, 1.807) is 6.08 Å². The molecule has 1 aromatic heterocycles. The van der Waals surface area contributed by atoms with Crippen molar-refractivity contribution in [1.29, 1.82) is 0 Å². The summed E-state index contributed by atoms with van der Waals surface area (Å²) in [6.07, 6.45) is 5.12. The molecule has 1 saturated heterocycles. The number of carbonyl (C=O) groups excluding carboxylic acids is 2. The molecule has 1 aliphatic heterocycles. The zero-order chi connectivity index (χ0) is 21.6. The highest BCUT2D eigenvalue weighted by Gasteiger charge is 2.26. The maximum atomic E-state index is 12.5. The normalized spacial score (nSPS) is 14.7. The molecule has 7 heteroatoms. The Bertz CT molecular complexity index is 1090. The molecule has 2 amide bonds. The number of hydrogen-bond acceptors (Lipinski definition) is 5. The summed E-state index contributed by atoms with van der Waals surface area (Å²) in [5.41, 5.74) is 2.79. The Hall–Kier alpha value is -3.32. The average molecular weight is 433 g/mol. The summed E-state index contributed by atoms with van der Waals surface area (Å²) < 4.78 is 0. The monoisotopic (exact) mass is 432 g/mol. The maximum Gasteiger partial charge on any atom is 0.286 e. The van der Waals surface area contributed by atoms with Crippen LogP contribution in [0.1, 0.15) is 44.7 Å². The lowest BCUT2D eigenvalue weighted by Gasteiger charge is -2.30. The van der Waals surface area contributed by atoms with Gasteiger partial charge in [0.2, 0.25) is 10.9 Å². The summed E-state index contributed by atoms with van der Waals surface area (Å²) in [5.74, 6) is 0.00856. The Morgan fingerprint density at radius 3 is 2.48 bits per heavy atom. The molecule has 1 fully saturated rings. The van der Waals surface area contributed by atoms with E-state index < -0.39 is 0 Å². The largest absolute Gasteiger partial charge is 0.339 e. The zero-order valence-corrected chi connectivity index (χ0v) is 18.1. The van der Waals surface area contributed by atoms with Gasteiger partial charge in [0.1, 0.15) is 5.01 Å². The van der Waals surface area contributed by atoms with Gasteiger partial charge in [0, 0.05) is 30.8 Å². The van der Waals surface area contributed by atoms with Crippen LogP contribution in [0.25, 0.3) is 6.08 Å². The third kappa shape index (κ3) is 5.24. The fraction of sp³-hybridized carbons (Fsp3) is 0.250. The summed E-state index contributed by atoms with van der Waals surface area (Å²) >= 11 is 1.34. The van der Waals surface area contributed by atoms with Crippen LogP contribution in [0.5, 0.6) is 0 Å². The molecule has 0 radical (unpaired) electrons. The summed E-state index contributed by atoms with van der Waals surface area (Å²) in [5, 5.41) is 12.5. The van der Waals surface area contributed by atoms with Crippen molar-refractivity contribution in [3.05, 3.63) is 81.8 Å². The number of piperidine rings is 1. The summed E-state index contributed by atoms with van der Waals surface area (Å²) in [4.78, 5) is 26.9. The average Bonchev–Trinajstić information content (AvgIpc) is 3.30. The Kier molecular flexibility index (Phi) is 6.52. The highest BCUT2D eigenvalue weighted by molar-refractivity contribution is 7.13. The van der Waals surface area contributed by atoms with Crippen LogP contribution in [-0.2, 0) is 4.79 Å². The first-order chi connectivity index (χ1) is 15.1. The minimum atomic E-state index is -0.239. The van der Waals surface area contributed by atoms with Crippen LogP contribution < -0.4 is 5.32 Å². The summed E-state index contributed by atoms with van der Waals surface area (Å²) in [7, 11) is 0. The lowest BCUT2D eigenvalue weighted by molar-refractivity contribution is -0.126. The first-order valence-electron chi connectivity index (χ1n) is 10.3. The highest BCUT2D eigenvalue weighted by Crippen LogP contribution is 2.30. The van der Waals surface area contributed by atoms with Crippen molar-refractivity contribution < 1.29 is 9.59 Å². The maximum absolute atomic E-state index is 12.5. The standard InChI is InChI=1S/C24H24N4O2S/c1-17-7-5-6-10-20(17)25-22(30)24-27-26-23(31-24)19-13-15-28(16-14-19)21(29)12-11-18-8-3-2-4-9-18/h2-12,19H,13-16H2,1H3,(H,25,30). The smallest absolute Gasteiger partial charge is 0.286 e. The van der Waals surface area contributed by atoms with E-state index in [1.807, 2.05) is 72.5 Å². The number of nitrogens with one attached hydrogen (secondary N) is 1. The van der Waals surface area contributed by atoms with Crippen LogP contribution in [0.2, 0.25) is 0 Å². The van der Waals surface area contributed by atoms with Gasteiger partial charge in [-0.2, -0.15) is 0 Å². The molecular weight excluding hydrogens is 408 g/mol. The van der Waals surface area contributed by atoms with Crippen molar-refractivity contribution in [3.8, 4) is 0 Å². The molecule has 1 N–H and O–H groups in total. The lowest BCUT2D eigenvalue weighted by Crippen LogP contribution is -2.36. The number of rotatable bonds is 5. The van der Waals surface area contributed by atoms with Crippen molar-refractivity contribution in [2.24, 2.45) is 0 Å². The molecule has 3 aromatic rings. The molecule has 2 heterocycles. The second-order valence-corrected chi connectivity index (χ2v) is 8.57. The van der Waals surface area contributed by atoms with Gasteiger partial charge in [0.15, 0.2) is 0 Å². The summed E-state index contributed by atoms with van der Waals surface area (Å²) in [6, 6.07) is 17.4. The molecule has 4 rings (SSSR count). The van der Waals surface area contributed by atoms with Gasteiger partial charge in [-0.3, -0.25) is 9.59 Å². The van der Waals surface area contributed by atoms with Crippen molar-refractivity contribution in [3.63, 3.8) is 0 Å². The van der Waals surface area contributed by atoms with Gasteiger partial charge in [-0.15, -0.1) is 10.2 Å². The Morgan fingerprint density at radius 2 is 1.74 bits per heavy atom. The molecule has 31 heavy (non-hydrogen) atoms. The molecule has 2 aromatic carbocycles. The topological polar surface area (TPSA) is 75.2 Å². The first kappa shape index (κ1) is 20.9. The molecular formula is C24H24N4O2S. The quantitative estimate of drug-likeness (QED) is 0.602. The van der Waals surface area contributed by atoms with Crippen molar-refractivity contribution in [1.82, 2.24) is 15.1 Å². The third-order valence-electron chi connectivity index (χ3n) is 5.40. The van der Waals surface area contributed by atoms with Crippen LogP contribution in [0, 0.1) is 6.92 Å². The number of para-hydroxylation sites is 1. The van der Waals surface area contributed by atoms with E-state index >= 15 is 0 Å². The Labute approximate surface area is 185 Å². The van der Waals surface area contributed by atoms with Crippen LogP contribution in [0.4, 0.5) is 5.69 Å². The molecule has 0 atom stereocenters. The molecule has 6 nitrogen and oxygen atoms in total. The van der Waals surface area contributed by atoms with Crippen molar-refractivity contribution in [2.75, 3.05) is 18.4 Å². The van der Waals surface area contributed by atoms with Crippen molar-refractivity contribution in [2.45, 2.75) is 25.7 Å². The van der Waals surface area contributed by atoms with Gasteiger partial charge in [0.05, 0.1) is 0 Å². The highest BCUT2D eigenvalue weighted by atomic mass is 32.1. The van der Waals surface area contributed by atoms with Gasteiger partial charge in [-0.1, -0.05) is 59.9 Å². The second kappa shape index (κ2) is 9.66. The predicted molar refractivity (Wildman–Crippen MR) is 123 cm³/mol. The Balaban J connectivity index is 1.32. The van der Waals surface area contributed by atoms with Crippen LogP contribution in [0.15, 0.2) is 60.7 Å². The molecule has 0 spiro atoms. The number of amides is 2. The molecule has 0 bridgehead atoms. The number of benzene rings is 2. The van der Waals surface area contributed by atoms with Gasteiger partial charge >= 0.3 is 0 Å². The van der Waals surface area contributed by atoms with E-state index in [0.29, 0.717) is 18.1 Å². The van der Waals surface area contributed by atoms with Gasteiger partial charge < -0.3 is 10.2 Å². The second-order valence-electron chi connectivity index (χ2n) is 7.56.